The van der Waals surface area contributed by atoms with E-state index in [0.29, 0.717) is 16.6 Å². The Kier molecular flexibility index (Phi) is 7.18. The van der Waals surface area contributed by atoms with Crippen LogP contribution in [0.15, 0.2) is 53.5 Å². The Labute approximate surface area is 225 Å². The number of halogens is 3. The average Bonchev–Trinajstić information content (AvgIpc) is 3.68. The van der Waals surface area contributed by atoms with Crippen LogP contribution in [0.5, 0.6) is 0 Å². The minimum Gasteiger partial charge on any atom is -0.349 e. The summed E-state index contributed by atoms with van der Waals surface area (Å²) in [5.41, 5.74) is 1.40. The molecule has 2 atom stereocenters. The first-order valence-corrected chi connectivity index (χ1v) is 13.2. The number of hydrogen-bond donors (Lipinski definition) is 2. The third-order valence-corrected chi connectivity index (χ3v) is 7.79. The largest absolute Gasteiger partial charge is 0.433 e. The first-order valence-electron chi connectivity index (χ1n) is 13.2. The maximum Gasteiger partial charge on any atom is 0.433 e. The highest BCUT2D eigenvalue weighted by Crippen LogP contribution is 2.55. The van der Waals surface area contributed by atoms with Gasteiger partial charge in [0.05, 0.1) is 11.2 Å². The third-order valence-electron chi connectivity index (χ3n) is 7.79. The third kappa shape index (κ3) is 6.13. The number of carbonyl (C=O) groups excluding carboxylic acids is 2. The van der Waals surface area contributed by atoms with Crippen LogP contribution in [-0.2, 0) is 11.0 Å². The van der Waals surface area contributed by atoms with Crippen LogP contribution >= 0.6 is 0 Å². The van der Waals surface area contributed by atoms with E-state index in [1.54, 1.807) is 36.4 Å². The van der Waals surface area contributed by atoms with Gasteiger partial charge in [-0.15, -0.1) is 0 Å². The highest BCUT2D eigenvalue weighted by Gasteiger charge is 2.49. The van der Waals surface area contributed by atoms with Crippen molar-refractivity contribution in [3.8, 4) is 0 Å². The fraction of sp³-hybridized carbons (Fsp3) is 0.400. The Morgan fingerprint density at radius 3 is 2.62 bits per heavy atom. The summed E-state index contributed by atoms with van der Waals surface area (Å²) >= 11 is 0. The monoisotopic (exact) mass is 536 g/mol. The van der Waals surface area contributed by atoms with Gasteiger partial charge >= 0.3 is 6.18 Å². The molecule has 0 bridgehead atoms. The summed E-state index contributed by atoms with van der Waals surface area (Å²) in [4.78, 5) is 32.8. The van der Waals surface area contributed by atoms with E-state index in [2.05, 4.69) is 20.6 Å². The lowest BCUT2D eigenvalue weighted by atomic mass is 9.76. The number of aliphatic imine (C=N–C) groups is 1. The molecule has 3 aromatic rings. The molecule has 1 heterocycles. The number of nitrogens with one attached hydrogen (secondary N) is 2. The molecule has 6 nitrogen and oxygen atoms in total. The number of benzene rings is 2. The van der Waals surface area contributed by atoms with Gasteiger partial charge < -0.3 is 10.6 Å². The Morgan fingerprint density at radius 1 is 1.10 bits per heavy atom. The molecular formula is C30H31F3N4O2. The Bertz CT molecular complexity index is 1450. The van der Waals surface area contributed by atoms with Crippen molar-refractivity contribution in [1.82, 2.24) is 10.3 Å². The molecule has 2 aromatic carbocycles. The van der Waals surface area contributed by atoms with Crippen molar-refractivity contribution in [1.29, 1.82) is 0 Å². The van der Waals surface area contributed by atoms with E-state index in [-0.39, 0.29) is 40.4 Å². The number of amides is 2. The van der Waals surface area contributed by atoms with Gasteiger partial charge in [0.25, 0.3) is 5.91 Å². The number of rotatable bonds is 6. The second kappa shape index (κ2) is 10.4. The van der Waals surface area contributed by atoms with Crippen LogP contribution in [0.3, 0.4) is 0 Å². The van der Waals surface area contributed by atoms with Crippen LogP contribution in [0.25, 0.3) is 10.9 Å². The normalized spacial score (nSPS) is 20.6. The molecule has 0 saturated heterocycles. The van der Waals surface area contributed by atoms with Crippen LogP contribution in [0.2, 0.25) is 0 Å². The summed E-state index contributed by atoms with van der Waals surface area (Å²) in [6.07, 6.45) is 2.74. The van der Waals surface area contributed by atoms with Crippen molar-refractivity contribution in [2.24, 2.45) is 16.3 Å². The molecule has 2 aliphatic carbocycles. The zero-order chi connectivity index (χ0) is 27.8. The lowest BCUT2D eigenvalue weighted by Crippen LogP contribution is -2.40. The van der Waals surface area contributed by atoms with Crippen molar-refractivity contribution in [3.63, 3.8) is 0 Å². The summed E-state index contributed by atoms with van der Waals surface area (Å²) in [6, 6.07) is 13.0. The maximum atomic E-state index is 13.5. The molecule has 2 unspecified atom stereocenters. The molecule has 2 amide bonds. The van der Waals surface area contributed by atoms with Gasteiger partial charge in [-0.1, -0.05) is 24.1 Å². The lowest BCUT2D eigenvalue weighted by molar-refractivity contribution is -0.140. The fourth-order valence-corrected chi connectivity index (χ4v) is 5.61. The van der Waals surface area contributed by atoms with Crippen LogP contribution in [0.1, 0.15) is 67.1 Å². The highest BCUT2D eigenvalue weighted by atomic mass is 19.4. The SMILES string of the molecule is CC(=O)Nc1cccc(C(=O)NC2CCCC(C3(/C=N\c4cc(C(F)(F)F)nc5ccc(C)cc45)CC3)C2)c1. The summed E-state index contributed by atoms with van der Waals surface area (Å²) in [5, 5.41) is 6.44. The zero-order valence-electron chi connectivity index (χ0n) is 21.9. The van der Waals surface area contributed by atoms with Gasteiger partial charge in [-0.05, 0) is 81.3 Å². The van der Waals surface area contributed by atoms with E-state index in [0.717, 1.165) is 50.2 Å². The molecule has 204 valence electrons. The molecule has 39 heavy (non-hydrogen) atoms. The van der Waals surface area contributed by atoms with Crippen LogP contribution in [0, 0.1) is 18.3 Å². The number of alkyl halides is 3. The molecule has 0 spiro atoms. The molecule has 2 aliphatic rings. The van der Waals surface area contributed by atoms with Crippen molar-refractivity contribution >= 4 is 40.3 Å². The minimum atomic E-state index is -4.56. The number of hydrogen-bond acceptors (Lipinski definition) is 4. The summed E-state index contributed by atoms with van der Waals surface area (Å²) < 4.78 is 40.6. The second-order valence-electron chi connectivity index (χ2n) is 10.8. The molecule has 9 heteroatoms. The van der Waals surface area contributed by atoms with Gasteiger partial charge in [0.15, 0.2) is 0 Å². The quantitative estimate of drug-likeness (QED) is 0.333. The van der Waals surface area contributed by atoms with E-state index >= 15 is 0 Å². The Balaban J connectivity index is 1.32. The van der Waals surface area contributed by atoms with E-state index in [9.17, 15) is 22.8 Å². The average molecular weight is 537 g/mol. The molecular weight excluding hydrogens is 505 g/mol. The minimum absolute atomic E-state index is 0.00668. The number of aromatic nitrogens is 1. The smallest absolute Gasteiger partial charge is 0.349 e. The van der Waals surface area contributed by atoms with Crippen LogP contribution in [-0.4, -0.2) is 29.1 Å². The van der Waals surface area contributed by atoms with Crippen molar-refractivity contribution in [2.45, 2.75) is 64.6 Å². The van der Waals surface area contributed by atoms with Crippen molar-refractivity contribution < 1.29 is 22.8 Å². The van der Waals surface area contributed by atoms with Gasteiger partial charge in [0.2, 0.25) is 5.91 Å². The maximum absolute atomic E-state index is 13.5. The predicted molar refractivity (Wildman–Crippen MR) is 145 cm³/mol. The number of nitrogens with zero attached hydrogens (tertiary/aromatic N) is 2. The Morgan fingerprint density at radius 2 is 1.90 bits per heavy atom. The number of pyridine rings is 1. The summed E-state index contributed by atoms with van der Waals surface area (Å²) in [7, 11) is 0. The summed E-state index contributed by atoms with van der Waals surface area (Å²) in [6.45, 7) is 3.30. The summed E-state index contributed by atoms with van der Waals surface area (Å²) in [5.74, 6) is -0.115. The molecule has 2 saturated carbocycles. The standard InChI is InChI=1S/C30H31F3N4O2/c1-18-9-10-25-24(13-18)26(16-27(37-25)30(31,32)33)34-17-29(11-12-29)21-6-4-8-23(15-21)36-28(39)20-5-3-7-22(14-20)35-19(2)38/h3,5,7,9-10,13-14,16-17,21,23H,4,6,8,11-12,15H2,1-2H3,(H,35,38)(H,36,39)/b34-17-. The molecule has 0 radical (unpaired) electrons. The molecule has 5 rings (SSSR count). The van der Waals surface area contributed by atoms with Gasteiger partial charge in [-0.25, -0.2) is 4.98 Å². The Hall–Kier alpha value is -3.75. The van der Waals surface area contributed by atoms with E-state index in [1.807, 2.05) is 19.2 Å². The van der Waals surface area contributed by atoms with Gasteiger partial charge in [-0.2, -0.15) is 13.2 Å². The van der Waals surface area contributed by atoms with Crippen LogP contribution in [0.4, 0.5) is 24.5 Å². The molecule has 2 fully saturated rings. The second-order valence-corrected chi connectivity index (χ2v) is 10.8. The van der Waals surface area contributed by atoms with E-state index in [4.69, 9.17) is 0 Å². The topological polar surface area (TPSA) is 83.5 Å². The van der Waals surface area contributed by atoms with E-state index < -0.39 is 11.9 Å². The van der Waals surface area contributed by atoms with Gasteiger partial charge in [0, 0.05) is 41.2 Å². The number of aryl methyl sites for hydroxylation is 1. The number of anilines is 1. The molecule has 2 N–H and O–H groups in total. The zero-order valence-corrected chi connectivity index (χ0v) is 21.9. The van der Waals surface area contributed by atoms with Crippen molar-refractivity contribution in [3.05, 3.63) is 65.4 Å². The number of carbonyl (C=O) groups is 2. The first kappa shape index (κ1) is 26.8. The van der Waals surface area contributed by atoms with Crippen molar-refractivity contribution in [2.75, 3.05) is 5.32 Å². The van der Waals surface area contributed by atoms with E-state index in [1.165, 1.54) is 6.92 Å². The van der Waals surface area contributed by atoms with Crippen LogP contribution < -0.4 is 10.6 Å². The first-order chi connectivity index (χ1) is 18.5. The lowest BCUT2D eigenvalue weighted by Gasteiger charge is -2.33. The fourth-order valence-electron chi connectivity index (χ4n) is 5.61. The molecule has 0 aliphatic heterocycles. The van der Waals surface area contributed by atoms with Gasteiger partial charge in [-0.3, -0.25) is 14.6 Å². The molecule has 1 aromatic heterocycles. The van der Waals surface area contributed by atoms with Gasteiger partial charge in [0.1, 0.15) is 5.69 Å². The number of fused-ring (bicyclic) bond motifs is 1. The predicted octanol–water partition coefficient (Wildman–Crippen LogP) is 6.99. The highest BCUT2D eigenvalue weighted by molar-refractivity contribution is 5.97.